The summed E-state index contributed by atoms with van der Waals surface area (Å²) in [5.41, 5.74) is 0.585. The summed E-state index contributed by atoms with van der Waals surface area (Å²) in [5, 5.41) is 4.83. The van der Waals surface area contributed by atoms with Crippen LogP contribution in [0.3, 0.4) is 0 Å². The first-order valence-corrected chi connectivity index (χ1v) is 8.18. The summed E-state index contributed by atoms with van der Waals surface area (Å²) < 4.78 is 0. The lowest BCUT2D eigenvalue weighted by Gasteiger charge is -2.33. The largest absolute Gasteiger partial charge is 0.310 e. The van der Waals surface area contributed by atoms with Gasteiger partial charge in [0, 0.05) is 17.3 Å². The first-order valence-electron chi connectivity index (χ1n) is 6.89. The van der Waals surface area contributed by atoms with E-state index < -0.39 is 0 Å². The Morgan fingerprint density at radius 1 is 1.12 bits per heavy atom. The van der Waals surface area contributed by atoms with Gasteiger partial charge in [-0.3, -0.25) is 0 Å². The molecule has 16 heavy (non-hydrogen) atoms. The summed E-state index contributed by atoms with van der Waals surface area (Å²) in [7, 11) is 0. The Hall–Kier alpha value is 0.310. The summed E-state index contributed by atoms with van der Waals surface area (Å²) in [4.78, 5) is 0. The van der Waals surface area contributed by atoms with Crippen LogP contribution in [0.5, 0.6) is 0 Å². The first kappa shape index (κ1) is 12.8. The average molecular weight is 241 g/mol. The van der Waals surface area contributed by atoms with Crippen LogP contribution in [0, 0.1) is 5.41 Å². The van der Waals surface area contributed by atoms with E-state index in [0.29, 0.717) is 5.41 Å². The Morgan fingerprint density at radius 2 is 1.88 bits per heavy atom. The molecule has 0 heterocycles. The Bertz CT molecular complexity index is 227. The maximum Gasteiger partial charge on any atom is 0.0198 e. The van der Waals surface area contributed by atoms with Gasteiger partial charge in [0.2, 0.25) is 0 Å². The van der Waals surface area contributed by atoms with Gasteiger partial charge in [0.05, 0.1) is 0 Å². The number of nitrogens with one attached hydrogen (secondary N) is 1. The highest BCUT2D eigenvalue weighted by atomic mass is 32.2. The highest BCUT2D eigenvalue weighted by Crippen LogP contribution is 2.38. The molecule has 0 aromatic heterocycles. The number of hydrogen-bond donors (Lipinski definition) is 1. The van der Waals surface area contributed by atoms with Gasteiger partial charge in [0.15, 0.2) is 0 Å². The molecule has 1 nitrogen and oxygen atoms in total. The molecule has 2 aliphatic carbocycles. The molecule has 3 atom stereocenters. The molecule has 1 N–H and O–H groups in total. The summed E-state index contributed by atoms with van der Waals surface area (Å²) >= 11 is 2.07. The van der Waals surface area contributed by atoms with Crippen molar-refractivity contribution in [3.8, 4) is 0 Å². The van der Waals surface area contributed by atoms with Gasteiger partial charge in [-0.25, -0.2) is 0 Å². The Morgan fingerprint density at radius 3 is 2.50 bits per heavy atom. The van der Waals surface area contributed by atoms with Crippen LogP contribution in [0.25, 0.3) is 0 Å². The van der Waals surface area contributed by atoms with Crippen molar-refractivity contribution in [2.45, 2.75) is 76.1 Å². The van der Waals surface area contributed by atoms with Crippen LogP contribution >= 0.6 is 11.8 Å². The smallest absolute Gasteiger partial charge is 0.0198 e. The minimum atomic E-state index is 0.585. The maximum absolute atomic E-state index is 3.95. The van der Waals surface area contributed by atoms with E-state index in [1.807, 2.05) is 0 Å². The maximum atomic E-state index is 3.95. The Kier molecular flexibility index (Phi) is 4.23. The van der Waals surface area contributed by atoms with Crippen LogP contribution in [0.2, 0.25) is 0 Å². The molecule has 0 aliphatic heterocycles. The van der Waals surface area contributed by atoms with Crippen molar-refractivity contribution < 1.29 is 0 Å². The van der Waals surface area contributed by atoms with Gasteiger partial charge in [-0.1, -0.05) is 26.7 Å². The molecule has 2 heteroatoms. The molecule has 0 amide bonds. The van der Waals surface area contributed by atoms with Crippen molar-refractivity contribution in [3.05, 3.63) is 0 Å². The Balaban J connectivity index is 1.84. The zero-order valence-corrected chi connectivity index (χ0v) is 11.9. The second-order valence-electron chi connectivity index (χ2n) is 6.44. The van der Waals surface area contributed by atoms with Gasteiger partial charge >= 0.3 is 0 Å². The monoisotopic (exact) mass is 241 g/mol. The van der Waals surface area contributed by atoms with Crippen LogP contribution in [-0.4, -0.2) is 23.6 Å². The predicted octanol–water partition coefficient (Wildman–Crippen LogP) is 3.83. The topological polar surface area (TPSA) is 12.0 Å². The highest BCUT2D eigenvalue weighted by Gasteiger charge is 2.34. The Labute approximate surface area is 105 Å². The van der Waals surface area contributed by atoms with E-state index in [0.717, 1.165) is 17.3 Å². The molecule has 0 aromatic rings. The second-order valence-corrected chi connectivity index (χ2v) is 7.51. The van der Waals surface area contributed by atoms with Crippen LogP contribution in [0.1, 0.15) is 58.8 Å². The third-order valence-corrected chi connectivity index (χ3v) is 5.59. The fraction of sp³-hybridized carbons (Fsp3) is 1.00. The summed E-state index contributed by atoms with van der Waals surface area (Å²) in [6.45, 7) is 4.84. The van der Waals surface area contributed by atoms with Gasteiger partial charge in [-0.05, 0) is 43.8 Å². The summed E-state index contributed by atoms with van der Waals surface area (Å²) in [6.07, 6.45) is 12.2. The molecule has 94 valence electrons. The van der Waals surface area contributed by atoms with E-state index in [4.69, 9.17) is 0 Å². The third kappa shape index (κ3) is 3.16. The second kappa shape index (κ2) is 5.30. The van der Waals surface area contributed by atoms with Gasteiger partial charge in [0.25, 0.3) is 0 Å². The number of hydrogen-bond acceptors (Lipinski definition) is 2. The predicted molar refractivity (Wildman–Crippen MR) is 74.1 cm³/mol. The molecule has 0 aromatic carbocycles. The molecule has 2 rings (SSSR count). The summed E-state index contributed by atoms with van der Waals surface area (Å²) in [5.74, 6) is 0. The van der Waals surface area contributed by atoms with E-state index in [-0.39, 0.29) is 0 Å². The molecular formula is C14H27NS. The fourth-order valence-electron chi connectivity index (χ4n) is 3.45. The minimum absolute atomic E-state index is 0.585. The minimum Gasteiger partial charge on any atom is -0.310 e. The fourth-order valence-corrected chi connectivity index (χ4v) is 4.40. The standard InChI is InChI=1S/C14H27NS/c1-14(2)9-8-11(10-14)15-12-6-4-5-7-13(12)16-3/h11-13,15H,4-10H2,1-3H3. The SMILES string of the molecule is CSC1CCCCC1NC1CCC(C)(C)C1. The van der Waals surface area contributed by atoms with E-state index in [1.165, 1.54) is 44.9 Å². The molecular weight excluding hydrogens is 214 g/mol. The van der Waals surface area contributed by atoms with E-state index >= 15 is 0 Å². The van der Waals surface area contributed by atoms with Crippen molar-refractivity contribution in [1.82, 2.24) is 5.32 Å². The van der Waals surface area contributed by atoms with E-state index in [2.05, 4.69) is 37.2 Å². The van der Waals surface area contributed by atoms with E-state index in [9.17, 15) is 0 Å². The normalized spacial score (nSPS) is 38.8. The molecule has 0 radical (unpaired) electrons. The molecule has 2 aliphatic rings. The zero-order valence-electron chi connectivity index (χ0n) is 11.1. The molecule has 0 bridgehead atoms. The number of rotatable bonds is 3. The van der Waals surface area contributed by atoms with Gasteiger partial charge in [-0.15, -0.1) is 0 Å². The number of thioether (sulfide) groups is 1. The van der Waals surface area contributed by atoms with Crippen molar-refractivity contribution >= 4 is 11.8 Å². The summed E-state index contributed by atoms with van der Waals surface area (Å²) in [6, 6.07) is 1.59. The average Bonchev–Trinajstić information content (AvgIpc) is 2.59. The van der Waals surface area contributed by atoms with Gasteiger partial charge in [-0.2, -0.15) is 11.8 Å². The van der Waals surface area contributed by atoms with Gasteiger partial charge in [0.1, 0.15) is 0 Å². The van der Waals surface area contributed by atoms with E-state index in [1.54, 1.807) is 0 Å². The van der Waals surface area contributed by atoms with Crippen LogP contribution in [0.15, 0.2) is 0 Å². The zero-order chi connectivity index (χ0) is 11.6. The van der Waals surface area contributed by atoms with Crippen LogP contribution < -0.4 is 5.32 Å². The highest BCUT2D eigenvalue weighted by molar-refractivity contribution is 7.99. The first-order chi connectivity index (χ1) is 7.61. The quantitative estimate of drug-likeness (QED) is 0.806. The van der Waals surface area contributed by atoms with Crippen molar-refractivity contribution in [1.29, 1.82) is 0 Å². The molecule has 2 fully saturated rings. The lowest BCUT2D eigenvalue weighted by molar-refractivity contribution is 0.320. The van der Waals surface area contributed by atoms with Crippen molar-refractivity contribution in [2.75, 3.05) is 6.26 Å². The van der Waals surface area contributed by atoms with Gasteiger partial charge < -0.3 is 5.32 Å². The van der Waals surface area contributed by atoms with Crippen LogP contribution in [0.4, 0.5) is 0 Å². The molecule has 2 saturated carbocycles. The lowest BCUT2D eigenvalue weighted by atomic mass is 9.91. The lowest BCUT2D eigenvalue weighted by Crippen LogP contribution is -2.45. The molecule has 0 spiro atoms. The van der Waals surface area contributed by atoms with Crippen molar-refractivity contribution in [2.24, 2.45) is 5.41 Å². The molecule has 3 unspecified atom stereocenters. The molecule has 0 saturated heterocycles. The van der Waals surface area contributed by atoms with Crippen LogP contribution in [-0.2, 0) is 0 Å². The van der Waals surface area contributed by atoms with Crippen molar-refractivity contribution in [3.63, 3.8) is 0 Å². The third-order valence-electron chi connectivity index (χ3n) is 4.42.